The first kappa shape index (κ1) is 11.9. The maximum atomic E-state index is 8.98. The van der Waals surface area contributed by atoms with Crippen LogP contribution in [0.5, 0.6) is 0 Å². The lowest BCUT2D eigenvalue weighted by Crippen LogP contribution is -2.09. The van der Waals surface area contributed by atoms with Gasteiger partial charge < -0.3 is 15.6 Å². The highest BCUT2D eigenvalue weighted by atomic mass is 15.3. The summed E-state index contributed by atoms with van der Waals surface area (Å²) in [5, 5.41) is 19.9. The van der Waals surface area contributed by atoms with Crippen LogP contribution in [-0.4, -0.2) is 19.7 Å². The first-order chi connectivity index (χ1) is 8.74. The number of nitrogens with one attached hydrogen (secondary N) is 1. The van der Waals surface area contributed by atoms with Crippen LogP contribution in [0.25, 0.3) is 0 Å². The van der Waals surface area contributed by atoms with E-state index in [1.54, 1.807) is 12.4 Å². The van der Waals surface area contributed by atoms with E-state index >= 15 is 0 Å². The van der Waals surface area contributed by atoms with Gasteiger partial charge in [0.25, 0.3) is 0 Å². The van der Waals surface area contributed by atoms with E-state index in [2.05, 4.69) is 20.5 Å². The summed E-state index contributed by atoms with van der Waals surface area (Å²) in [5.41, 5.74) is 6.45. The van der Waals surface area contributed by atoms with Crippen molar-refractivity contribution in [3.8, 4) is 6.07 Å². The zero-order chi connectivity index (χ0) is 13.0. The number of rotatable bonds is 4. The second-order valence-corrected chi connectivity index (χ2v) is 3.66. The number of anilines is 2. The average Bonchev–Trinajstić information content (AvgIpc) is 2.84. The number of aryl methyl sites for hydroxylation is 1. The van der Waals surface area contributed by atoms with Gasteiger partial charge in [-0.25, -0.2) is 4.98 Å². The summed E-state index contributed by atoms with van der Waals surface area (Å²) < 4.78 is 1.91. The Balaban J connectivity index is 2.14. The minimum Gasteiger partial charge on any atom is -0.397 e. The van der Waals surface area contributed by atoms with Crippen molar-refractivity contribution < 1.29 is 0 Å². The molecule has 18 heavy (non-hydrogen) atoms. The third-order valence-electron chi connectivity index (χ3n) is 2.48. The average molecular weight is 243 g/mol. The van der Waals surface area contributed by atoms with Gasteiger partial charge in [-0.15, -0.1) is 10.2 Å². The van der Waals surface area contributed by atoms with Crippen molar-refractivity contribution in [3.63, 3.8) is 0 Å². The molecular formula is C11H13N7. The summed E-state index contributed by atoms with van der Waals surface area (Å²) in [4.78, 5) is 4.09. The zero-order valence-corrected chi connectivity index (χ0v) is 9.96. The van der Waals surface area contributed by atoms with Crippen molar-refractivity contribution in [1.29, 1.82) is 5.26 Å². The number of nitriles is 1. The van der Waals surface area contributed by atoms with Crippen molar-refractivity contribution in [2.24, 2.45) is 0 Å². The second kappa shape index (κ2) is 5.14. The molecule has 0 spiro atoms. The summed E-state index contributed by atoms with van der Waals surface area (Å²) in [6, 6.07) is 3.63. The highest BCUT2D eigenvalue weighted by Crippen LogP contribution is 2.14. The van der Waals surface area contributed by atoms with Crippen LogP contribution in [0, 0.1) is 11.3 Å². The quantitative estimate of drug-likeness (QED) is 0.821. The number of aromatic nitrogens is 4. The Labute approximate surface area is 104 Å². The summed E-state index contributed by atoms with van der Waals surface area (Å²) in [6.45, 7) is 3.26. The van der Waals surface area contributed by atoms with Crippen LogP contribution in [0.2, 0.25) is 0 Å². The number of nitrogen functional groups attached to an aromatic ring is 1. The Morgan fingerprint density at radius 3 is 3.11 bits per heavy atom. The van der Waals surface area contributed by atoms with Gasteiger partial charge in [-0.1, -0.05) is 0 Å². The molecule has 0 amide bonds. The maximum Gasteiger partial charge on any atom is 0.152 e. The van der Waals surface area contributed by atoms with Gasteiger partial charge in [0.2, 0.25) is 0 Å². The zero-order valence-electron chi connectivity index (χ0n) is 9.96. The highest BCUT2D eigenvalue weighted by Gasteiger charge is 2.06. The molecule has 0 aromatic carbocycles. The molecule has 0 bridgehead atoms. The summed E-state index contributed by atoms with van der Waals surface area (Å²) >= 11 is 0. The van der Waals surface area contributed by atoms with Gasteiger partial charge in [0.15, 0.2) is 5.82 Å². The van der Waals surface area contributed by atoms with Gasteiger partial charge in [0, 0.05) is 6.54 Å². The number of hydrogen-bond donors (Lipinski definition) is 2. The molecule has 0 unspecified atom stereocenters. The smallest absolute Gasteiger partial charge is 0.152 e. The molecule has 0 atom stereocenters. The Morgan fingerprint density at radius 2 is 2.39 bits per heavy atom. The minimum absolute atomic E-state index is 0.414. The topological polar surface area (TPSA) is 105 Å². The molecule has 0 aliphatic heterocycles. The van der Waals surface area contributed by atoms with E-state index in [1.807, 2.05) is 17.6 Å². The molecule has 2 rings (SSSR count). The van der Waals surface area contributed by atoms with E-state index in [0.717, 1.165) is 12.4 Å². The SMILES string of the molecule is CCn1cnnc1CNc1ncc(N)cc1C#N. The lowest BCUT2D eigenvalue weighted by Gasteiger charge is -2.07. The third-order valence-corrected chi connectivity index (χ3v) is 2.48. The summed E-state index contributed by atoms with van der Waals surface area (Å²) in [6.07, 6.45) is 3.17. The fourth-order valence-electron chi connectivity index (χ4n) is 1.55. The Bertz CT molecular complexity index is 581. The highest BCUT2D eigenvalue weighted by molar-refractivity contribution is 5.57. The van der Waals surface area contributed by atoms with Gasteiger partial charge in [0.05, 0.1) is 24.0 Å². The van der Waals surface area contributed by atoms with Gasteiger partial charge in [-0.2, -0.15) is 5.26 Å². The molecule has 2 aromatic rings. The molecule has 0 radical (unpaired) electrons. The van der Waals surface area contributed by atoms with Gasteiger partial charge in [0.1, 0.15) is 18.2 Å². The summed E-state index contributed by atoms with van der Waals surface area (Å²) in [5.74, 6) is 1.29. The largest absolute Gasteiger partial charge is 0.397 e. The second-order valence-electron chi connectivity index (χ2n) is 3.66. The standard InChI is InChI=1S/C11H13N7/c1-2-18-7-16-17-10(18)6-15-11-8(4-12)3-9(13)5-14-11/h3,5,7H,2,6,13H2,1H3,(H,14,15). The fourth-order valence-corrected chi connectivity index (χ4v) is 1.55. The van der Waals surface area contributed by atoms with Crippen molar-refractivity contribution in [2.75, 3.05) is 11.1 Å². The predicted octanol–water partition coefficient (Wildman–Crippen LogP) is 0.759. The molecule has 2 heterocycles. The molecule has 0 fully saturated rings. The summed E-state index contributed by atoms with van der Waals surface area (Å²) in [7, 11) is 0. The van der Waals surface area contributed by atoms with E-state index in [-0.39, 0.29) is 0 Å². The first-order valence-electron chi connectivity index (χ1n) is 5.50. The fraction of sp³-hybridized carbons (Fsp3) is 0.273. The van der Waals surface area contributed by atoms with Crippen LogP contribution < -0.4 is 11.1 Å². The molecule has 3 N–H and O–H groups in total. The lowest BCUT2D eigenvalue weighted by atomic mass is 10.2. The third kappa shape index (κ3) is 2.38. The predicted molar refractivity (Wildman–Crippen MR) is 66.4 cm³/mol. The Morgan fingerprint density at radius 1 is 1.56 bits per heavy atom. The molecule has 92 valence electrons. The van der Waals surface area contributed by atoms with E-state index in [0.29, 0.717) is 23.6 Å². The molecule has 0 aliphatic rings. The molecule has 0 saturated heterocycles. The van der Waals surface area contributed by atoms with E-state index < -0.39 is 0 Å². The number of nitrogens with two attached hydrogens (primary N) is 1. The minimum atomic E-state index is 0.414. The normalized spacial score (nSPS) is 10.0. The van der Waals surface area contributed by atoms with Crippen molar-refractivity contribution in [2.45, 2.75) is 20.0 Å². The van der Waals surface area contributed by atoms with Crippen LogP contribution in [0.4, 0.5) is 11.5 Å². The first-order valence-corrected chi connectivity index (χ1v) is 5.50. The van der Waals surface area contributed by atoms with Gasteiger partial charge in [-0.3, -0.25) is 0 Å². The van der Waals surface area contributed by atoms with Crippen molar-refractivity contribution in [3.05, 3.63) is 30.0 Å². The number of hydrogen-bond acceptors (Lipinski definition) is 6. The molecule has 7 heteroatoms. The van der Waals surface area contributed by atoms with Gasteiger partial charge >= 0.3 is 0 Å². The monoisotopic (exact) mass is 243 g/mol. The van der Waals surface area contributed by atoms with Crippen molar-refractivity contribution in [1.82, 2.24) is 19.7 Å². The molecule has 0 aliphatic carbocycles. The molecule has 0 saturated carbocycles. The molecule has 2 aromatic heterocycles. The van der Waals surface area contributed by atoms with Crippen LogP contribution in [0.1, 0.15) is 18.3 Å². The van der Waals surface area contributed by atoms with Crippen LogP contribution >= 0.6 is 0 Å². The van der Waals surface area contributed by atoms with Crippen LogP contribution in [-0.2, 0) is 13.1 Å². The number of nitrogens with zero attached hydrogens (tertiary/aromatic N) is 5. The Kier molecular flexibility index (Phi) is 3.38. The van der Waals surface area contributed by atoms with Gasteiger partial charge in [-0.05, 0) is 13.0 Å². The maximum absolute atomic E-state index is 8.98. The van der Waals surface area contributed by atoms with E-state index in [1.165, 1.54) is 6.20 Å². The molecular weight excluding hydrogens is 230 g/mol. The van der Waals surface area contributed by atoms with Crippen LogP contribution in [0.3, 0.4) is 0 Å². The van der Waals surface area contributed by atoms with Crippen LogP contribution in [0.15, 0.2) is 18.6 Å². The van der Waals surface area contributed by atoms with Crippen molar-refractivity contribution >= 4 is 11.5 Å². The van der Waals surface area contributed by atoms with E-state index in [9.17, 15) is 0 Å². The lowest BCUT2D eigenvalue weighted by molar-refractivity contribution is 0.707. The number of pyridine rings is 1. The Hall–Kier alpha value is -2.62. The van der Waals surface area contributed by atoms with E-state index in [4.69, 9.17) is 11.0 Å². The molecule has 7 nitrogen and oxygen atoms in total.